The van der Waals surface area contributed by atoms with Crippen molar-refractivity contribution >= 4 is 22.8 Å². The third-order valence-electron chi connectivity index (χ3n) is 5.67. The zero-order chi connectivity index (χ0) is 21.8. The maximum Gasteiger partial charge on any atom is 0.375 e. The molecule has 6 heteroatoms. The summed E-state index contributed by atoms with van der Waals surface area (Å²) >= 11 is 0. The van der Waals surface area contributed by atoms with Gasteiger partial charge in [-0.25, -0.2) is 4.79 Å². The molecule has 0 bridgehead atoms. The van der Waals surface area contributed by atoms with Crippen LogP contribution in [-0.2, 0) is 27.3 Å². The number of carbonyl (C=O) groups excluding carboxylic acids is 2. The van der Waals surface area contributed by atoms with Crippen molar-refractivity contribution in [2.24, 2.45) is 0 Å². The molecule has 0 saturated carbocycles. The Morgan fingerprint density at radius 1 is 1.16 bits per heavy atom. The van der Waals surface area contributed by atoms with Gasteiger partial charge in [-0.2, -0.15) is 0 Å². The highest BCUT2D eigenvalue weighted by Crippen LogP contribution is 2.30. The van der Waals surface area contributed by atoms with Crippen LogP contribution in [0.2, 0.25) is 0 Å². The van der Waals surface area contributed by atoms with Crippen molar-refractivity contribution in [1.29, 1.82) is 0 Å². The number of rotatable bonds is 7. The van der Waals surface area contributed by atoms with Gasteiger partial charge in [-0.15, -0.1) is 0 Å². The van der Waals surface area contributed by atoms with E-state index in [9.17, 15) is 9.59 Å². The second-order valence-electron chi connectivity index (χ2n) is 7.74. The summed E-state index contributed by atoms with van der Waals surface area (Å²) in [6.45, 7) is 4.20. The monoisotopic (exact) mass is 421 g/mol. The number of esters is 1. The molecule has 1 aliphatic carbocycles. The summed E-state index contributed by atoms with van der Waals surface area (Å²) < 4.78 is 16.7. The maximum atomic E-state index is 12.9. The molecule has 1 amide bonds. The van der Waals surface area contributed by atoms with Gasteiger partial charge in [-0.1, -0.05) is 42.5 Å². The van der Waals surface area contributed by atoms with E-state index in [1.165, 1.54) is 5.56 Å². The van der Waals surface area contributed by atoms with Crippen LogP contribution in [0.4, 0.5) is 0 Å². The van der Waals surface area contributed by atoms with Crippen molar-refractivity contribution in [1.82, 2.24) is 5.32 Å². The minimum atomic E-state index is -0.949. The van der Waals surface area contributed by atoms with Crippen LogP contribution in [0.25, 0.3) is 11.0 Å². The topological polar surface area (TPSA) is 77.8 Å². The minimum absolute atomic E-state index is 0.0710. The molecule has 4 rings (SSSR count). The first-order valence-electron chi connectivity index (χ1n) is 10.8. The average molecular weight is 421 g/mol. The molecule has 0 radical (unpaired) electrons. The summed E-state index contributed by atoms with van der Waals surface area (Å²) in [7, 11) is 0. The smallest absolute Gasteiger partial charge is 0.375 e. The zero-order valence-corrected chi connectivity index (χ0v) is 17.9. The van der Waals surface area contributed by atoms with Crippen molar-refractivity contribution in [2.45, 2.75) is 51.9 Å². The fourth-order valence-corrected chi connectivity index (χ4v) is 4.07. The van der Waals surface area contributed by atoms with Gasteiger partial charge in [0.1, 0.15) is 5.58 Å². The molecule has 6 nitrogen and oxygen atoms in total. The predicted octanol–water partition coefficient (Wildman–Crippen LogP) is 4.71. The van der Waals surface area contributed by atoms with Gasteiger partial charge < -0.3 is 19.2 Å². The molecule has 0 fully saturated rings. The van der Waals surface area contributed by atoms with Crippen LogP contribution in [0.5, 0.6) is 0 Å². The van der Waals surface area contributed by atoms with E-state index in [4.69, 9.17) is 13.9 Å². The molecule has 162 valence electrons. The molecule has 0 saturated heterocycles. The van der Waals surface area contributed by atoms with Gasteiger partial charge in [0, 0.05) is 17.6 Å². The van der Waals surface area contributed by atoms with Crippen molar-refractivity contribution < 1.29 is 23.5 Å². The van der Waals surface area contributed by atoms with Crippen LogP contribution >= 0.6 is 0 Å². The van der Waals surface area contributed by atoms with E-state index in [-0.39, 0.29) is 24.3 Å². The first-order valence-corrected chi connectivity index (χ1v) is 10.8. The number of nitrogens with one attached hydrogen (secondary N) is 1. The summed E-state index contributed by atoms with van der Waals surface area (Å²) in [5, 5.41) is 3.84. The highest BCUT2D eigenvalue weighted by molar-refractivity contribution is 5.97. The lowest BCUT2D eigenvalue weighted by molar-refractivity contribution is -0.130. The number of fused-ring (bicyclic) bond motifs is 2. The largest absolute Gasteiger partial charge is 0.449 e. The average Bonchev–Trinajstić information content (AvgIpc) is 3.16. The van der Waals surface area contributed by atoms with E-state index in [1.807, 2.05) is 43.3 Å². The highest BCUT2D eigenvalue weighted by Gasteiger charge is 2.28. The third-order valence-corrected chi connectivity index (χ3v) is 5.67. The number of benzene rings is 2. The van der Waals surface area contributed by atoms with E-state index in [2.05, 4.69) is 11.4 Å². The molecule has 31 heavy (non-hydrogen) atoms. The Morgan fingerprint density at radius 2 is 1.94 bits per heavy atom. The van der Waals surface area contributed by atoms with Crippen LogP contribution in [0.3, 0.4) is 0 Å². The number of amides is 1. The van der Waals surface area contributed by atoms with E-state index in [0.717, 1.165) is 30.2 Å². The normalized spacial score (nSPS) is 16.5. The zero-order valence-electron chi connectivity index (χ0n) is 17.9. The molecule has 2 aromatic carbocycles. The Bertz CT molecular complexity index is 1090. The Labute approximate surface area is 181 Å². The van der Waals surface area contributed by atoms with Crippen molar-refractivity contribution in [3.05, 3.63) is 71.0 Å². The number of ether oxygens (including phenoxy) is 2. The predicted molar refractivity (Wildman–Crippen MR) is 117 cm³/mol. The van der Waals surface area contributed by atoms with Crippen LogP contribution in [-0.4, -0.2) is 24.6 Å². The summed E-state index contributed by atoms with van der Waals surface area (Å²) in [5.41, 5.74) is 3.61. The number of carbonyl (C=O) groups is 2. The number of hydrogen-bond donors (Lipinski definition) is 1. The summed E-state index contributed by atoms with van der Waals surface area (Å²) in [6, 6.07) is 15.4. The lowest BCUT2D eigenvalue weighted by atomic mass is 9.87. The first-order chi connectivity index (χ1) is 15.1. The van der Waals surface area contributed by atoms with E-state index >= 15 is 0 Å². The lowest BCUT2D eigenvalue weighted by Gasteiger charge is -2.27. The number of para-hydroxylation sites is 1. The van der Waals surface area contributed by atoms with E-state index in [1.54, 1.807) is 13.0 Å². The molecule has 1 aliphatic rings. The van der Waals surface area contributed by atoms with Crippen molar-refractivity contribution in [3.63, 3.8) is 0 Å². The summed E-state index contributed by atoms with van der Waals surface area (Å²) in [6.07, 6.45) is 1.94. The van der Waals surface area contributed by atoms with Crippen LogP contribution in [0.1, 0.15) is 60.0 Å². The molecular weight excluding hydrogens is 394 g/mol. The van der Waals surface area contributed by atoms with Crippen LogP contribution in [0.15, 0.2) is 52.9 Å². The van der Waals surface area contributed by atoms with Gasteiger partial charge in [0.05, 0.1) is 12.6 Å². The molecule has 0 spiro atoms. The number of hydrogen-bond acceptors (Lipinski definition) is 5. The van der Waals surface area contributed by atoms with Crippen molar-refractivity contribution in [3.8, 4) is 0 Å². The third kappa shape index (κ3) is 4.49. The second kappa shape index (κ2) is 9.35. The molecular formula is C25H27NO5. The maximum absolute atomic E-state index is 12.9. The number of furan rings is 1. The fourth-order valence-electron chi connectivity index (χ4n) is 4.07. The van der Waals surface area contributed by atoms with E-state index < -0.39 is 12.1 Å². The van der Waals surface area contributed by atoms with E-state index in [0.29, 0.717) is 17.8 Å². The van der Waals surface area contributed by atoms with Crippen LogP contribution < -0.4 is 5.32 Å². The van der Waals surface area contributed by atoms with Gasteiger partial charge in [0.15, 0.2) is 6.10 Å². The van der Waals surface area contributed by atoms with Gasteiger partial charge in [0.25, 0.3) is 5.91 Å². The molecule has 1 aromatic heterocycles. The molecule has 1 heterocycles. The van der Waals surface area contributed by atoms with Gasteiger partial charge in [0.2, 0.25) is 5.76 Å². The highest BCUT2D eigenvalue weighted by atomic mass is 16.6. The molecule has 1 N–H and O–H groups in total. The standard InChI is InChI=1S/C25H27NO5/c1-3-29-15-20-19-12-6-7-14-22(19)31-23(20)25(28)30-16(2)24(27)26-21-13-8-10-17-9-4-5-11-18(17)21/h4-7,9,11-12,14,16,21H,3,8,10,13,15H2,1-2H3,(H,26,27)/t16-,21+/m1/s1. The first kappa shape index (κ1) is 21.1. The quantitative estimate of drug-likeness (QED) is 0.559. The lowest BCUT2D eigenvalue weighted by Crippen LogP contribution is -2.39. The second-order valence-corrected chi connectivity index (χ2v) is 7.74. The Balaban J connectivity index is 1.47. The SMILES string of the molecule is CCOCc1c(C(=O)O[C@H](C)C(=O)N[C@H]2CCCc3ccccc32)oc2ccccc12. The molecule has 2 atom stereocenters. The minimum Gasteiger partial charge on any atom is -0.449 e. The van der Waals surface area contributed by atoms with Crippen molar-refractivity contribution in [2.75, 3.05) is 6.61 Å². The van der Waals surface area contributed by atoms with Gasteiger partial charge >= 0.3 is 5.97 Å². The van der Waals surface area contributed by atoms with Gasteiger partial charge in [-0.3, -0.25) is 4.79 Å². The molecule has 0 aliphatic heterocycles. The Morgan fingerprint density at radius 3 is 2.77 bits per heavy atom. The van der Waals surface area contributed by atoms with Crippen LogP contribution in [0, 0.1) is 0 Å². The van der Waals surface area contributed by atoms with Gasteiger partial charge in [-0.05, 0) is 50.3 Å². The Hall–Kier alpha value is -3.12. The summed E-state index contributed by atoms with van der Waals surface area (Å²) in [5.74, 6) is -0.910. The number of aryl methyl sites for hydroxylation is 1. The molecule has 0 unspecified atom stereocenters. The Kier molecular flexibility index (Phi) is 6.37. The fraction of sp³-hybridized carbons (Fsp3) is 0.360. The summed E-state index contributed by atoms with van der Waals surface area (Å²) in [4.78, 5) is 25.6. The molecule has 3 aromatic rings.